The lowest BCUT2D eigenvalue weighted by atomic mass is 9.96. The van der Waals surface area contributed by atoms with Crippen molar-refractivity contribution in [2.75, 3.05) is 0 Å². The molecule has 2 aromatic heterocycles. The van der Waals surface area contributed by atoms with Crippen molar-refractivity contribution < 1.29 is 23.1 Å². The van der Waals surface area contributed by atoms with Gasteiger partial charge in [0, 0.05) is 18.0 Å². The van der Waals surface area contributed by atoms with E-state index < -0.39 is 23.9 Å². The Balaban J connectivity index is 1.69. The van der Waals surface area contributed by atoms with Gasteiger partial charge in [0.05, 0.1) is 24.0 Å². The first-order chi connectivity index (χ1) is 15.1. The van der Waals surface area contributed by atoms with E-state index in [0.29, 0.717) is 5.69 Å². The molecular weight excluding hydrogens is 421 g/mol. The fourth-order valence-electron chi connectivity index (χ4n) is 3.76. The van der Waals surface area contributed by atoms with Crippen molar-refractivity contribution in [1.82, 2.24) is 19.6 Å². The van der Waals surface area contributed by atoms with E-state index >= 15 is 0 Å². The Bertz CT molecular complexity index is 1280. The lowest BCUT2D eigenvalue weighted by Crippen LogP contribution is -2.42. The summed E-state index contributed by atoms with van der Waals surface area (Å²) in [4.78, 5) is 12.2. The summed E-state index contributed by atoms with van der Waals surface area (Å²) in [5, 5.41) is 18.2. The maximum Gasteiger partial charge on any atom is 0.423 e. The summed E-state index contributed by atoms with van der Waals surface area (Å²) in [6.07, 6.45) is -4.32. The SMILES string of the molecule is CCC(O)(c1cn(Cc2ccc3c(c2)cc(C(C)=O)n3-c2ccccc2)nn1)C(F)(F)F. The van der Waals surface area contributed by atoms with Gasteiger partial charge >= 0.3 is 6.18 Å². The number of alkyl halides is 3. The summed E-state index contributed by atoms with van der Waals surface area (Å²) in [6.45, 7) is 2.90. The smallest absolute Gasteiger partial charge is 0.375 e. The van der Waals surface area contributed by atoms with Gasteiger partial charge < -0.3 is 9.67 Å². The maximum absolute atomic E-state index is 13.3. The standard InChI is InChI=1S/C23H21F3N4O2/c1-3-22(32,23(24,25)26)21-14-29(28-27-21)13-16-9-10-19-17(11-16)12-20(15(2)31)30(19)18-7-5-4-6-8-18/h4-12,14,32H,3,13H2,1-2H3. The first-order valence-corrected chi connectivity index (χ1v) is 10.0. The molecule has 0 fully saturated rings. The van der Waals surface area contributed by atoms with E-state index in [4.69, 9.17) is 0 Å². The molecule has 0 aliphatic carbocycles. The normalized spacial score (nSPS) is 13.9. The van der Waals surface area contributed by atoms with Crippen LogP contribution in [0.25, 0.3) is 16.6 Å². The van der Waals surface area contributed by atoms with E-state index in [2.05, 4.69) is 10.3 Å². The molecule has 4 rings (SSSR count). The second-order valence-electron chi connectivity index (χ2n) is 7.66. The van der Waals surface area contributed by atoms with Gasteiger partial charge in [-0.15, -0.1) is 5.10 Å². The molecular formula is C23H21F3N4O2. The van der Waals surface area contributed by atoms with Crippen molar-refractivity contribution in [1.29, 1.82) is 0 Å². The Morgan fingerprint density at radius 2 is 1.81 bits per heavy atom. The lowest BCUT2D eigenvalue weighted by molar-refractivity contribution is -0.269. The number of hydrogen-bond acceptors (Lipinski definition) is 4. The molecule has 4 aromatic rings. The van der Waals surface area contributed by atoms with Gasteiger partial charge in [-0.2, -0.15) is 13.2 Å². The van der Waals surface area contributed by atoms with Gasteiger partial charge in [0.1, 0.15) is 5.69 Å². The number of benzene rings is 2. The number of fused-ring (bicyclic) bond motifs is 1. The minimum atomic E-state index is -4.86. The third-order valence-corrected chi connectivity index (χ3v) is 5.53. The summed E-state index contributed by atoms with van der Waals surface area (Å²) in [6, 6.07) is 16.8. The molecule has 0 aliphatic heterocycles. The predicted octanol–water partition coefficient (Wildman–Crippen LogP) is 4.63. The highest BCUT2D eigenvalue weighted by Crippen LogP contribution is 2.40. The topological polar surface area (TPSA) is 72.9 Å². The van der Waals surface area contributed by atoms with E-state index in [1.165, 1.54) is 18.5 Å². The molecule has 6 nitrogen and oxygen atoms in total. The molecule has 32 heavy (non-hydrogen) atoms. The van der Waals surface area contributed by atoms with Gasteiger partial charge in [0.2, 0.25) is 5.60 Å². The van der Waals surface area contributed by atoms with Crippen molar-refractivity contribution in [3.05, 3.63) is 77.7 Å². The number of carbonyl (C=O) groups is 1. The van der Waals surface area contributed by atoms with Crippen molar-refractivity contribution in [2.45, 2.75) is 38.6 Å². The molecule has 0 radical (unpaired) electrons. The van der Waals surface area contributed by atoms with Gasteiger partial charge in [-0.1, -0.05) is 36.4 Å². The van der Waals surface area contributed by atoms with Crippen molar-refractivity contribution in [3.63, 3.8) is 0 Å². The Labute approximate surface area is 181 Å². The van der Waals surface area contributed by atoms with Crippen LogP contribution in [0.5, 0.6) is 0 Å². The number of para-hydroxylation sites is 1. The molecule has 166 valence electrons. The highest BCUT2D eigenvalue weighted by molar-refractivity contribution is 6.00. The Kier molecular flexibility index (Phi) is 5.37. The van der Waals surface area contributed by atoms with Gasteiger partial charge in [-0.3, -0.25) is 4.79 Å². The molecule has 1 N–H and O–H groups in total. The zero-order chi connectivity index (χ0) is 23.1. The maximum atomic E-state index is 13.3. The van der Waals surface area contributed by atoms with E-state index in [0.717, 1.165) is 28.4 Å². The molecule has 1 unspecified atom stereocenters. The van der Waals surface area contributed by atoms with Crippen LogP contribution in [0.3, 0.4) is 0 Å². The molecule has 2 heterocycles. The third kappa shape index (κ3) is 3.69. The van der Waals surface area contributed by atoms with Crippen molar-refractivity contribution >= 4 is 16.7 Å². The average molecular weight is 442 g/mol. The number of rotatable bonds is 6. The number of Topliss-reactive ketones (excluding diaryl/α,β-unsaturated/α-hetero) is 1. The molecule has 0 aliphatic rings. The van der Waals surface area contributed by atoms with E-state index in [1.54, 1.807) is 6.07 Å². The molecule has 0 saturated heterocycles. The molecule has 2 aromatic carbocycles. The summed E-state index contributed by atoms with van der Waals surface area (Å²) < 4.78 is 43.0. The largest absolute Gasteiger partial charge is 0.423 e. The predicted molar refractivity (Wildman–Crippen MR) is 113 cm³/mol. The molecule has 1 atom stereocenters. The van der Waals surface area contributed by atoms with Crippen LogP contribution < -0.4 is 0 Å². The minimum Gasteiger partial charge on any atom is -0.375 e. The Morgan fingerprint density at radius 3 is 2.44 bits per heavy atom. The van der Waals surface area contributed by atoms with Crippen LogP contribution in [0.15, 0.2) is 60.8 Å². The minimum absolute atomic E-state index is 0.0847. The fraction of sp³-hybridized carbons (Fsp3) is 0.261. The summed E-state index contributed by atoms with van der Waals surface area (Å²) in [7, 11) is 0. The van der Waals surface area contributed by atoms with Crippen LogP contribution in [-0.4, -0.2) is 36.6 Å². The number of aliphatic hydroxyl groups is 1. The molecule has 0 bridgehead atoms. The van der Waals surface area contributed by atoms with E-state index in [-0.39, 0.29) is 12.3 Å². The first-order valence-electron chi connectivity index (χ1n) is 10.0. The number of nitrogens with zero attached hydrogens (tertiary/aromatic N) is 4. The highest BCUT2D eigenvalue weighted by Gasteiger charge is 2.55. The Hall–Kier alpha value is -3.46. The van der Waals surface area contributed by atoms with E-state index in [9.17, 15) is 23.1 Å². The van der Waals surface area contributed by atoms with Crippen LogP contribution in [0.1, 0.15) is 42.0 Å². The van der Waals surface area contributed by atoms with Crippen LogP contribution in [0.2, 0.25) is 0 Å². The van der Waals surface area contributed by atoms with Gasteiger partial charge in [0.15, 0.2) is 5.78 Å². The fourth-order valence-corrected chi connectivity index (χ4v) is 3.76. The van der Waals surface area contributed by atoms with Crippen LogP contribution >= 0.6 is 0 Å². The lowest BCUT2D eigenvalue weighted by Gasteiger charge is -2.26. The van der Waals surface area contributed by atoms with Crippen LogP contribution in [0.4, 0.5) is 13.2 Å². The summed E-state index contributed by atoms with van der Waals surface area (Å²) in [5.74, 6) is -0.0847. The van der Waals surface area contributed by atoms with Crippen LogP contribution in [0, 0.1) is 0 Å². The monoisotopic (exact) mass is 442 g/mol. The Morgan fingerprint density at radius 1 is 1.09 bits per heavy atom. The van der Waals surface area contributed by atoms with Crippen LogP contribution in [-0.2, 0) is 12.1 Å². The zero-order valence-electron chi connectivity index (χ0n) is 17.5. The van der Waals surface area contributed by atoms with Gasteiger partial charge in [-0.25, -0.2) is 4.68 Å². The van der Waals surface area contributed by atoms with Crippen molar-refractivity contribution in [3.8, 4) is 5.69 Å². The second-order valence-corrected chi connectivity index (χ2v) is 7.66. The number of halogens is 3. The zero-order valence-corrected chi connectivity index (χ0v) is 17.5. The van der Waals surface area contributed by atoms with Crippen molar-refractivity contribution in [2.24, 2.45) is 0 Å². The number of ketones is 1. The average Bonchev–Trinajstić information content (AvgIpc) is 3.37. The summed E-state index contributed by atoms with van der Waals surface area (Å²) >= 11 is 0. The summed E-state index contributed by atoms with van der Waals surface area (Å²) in [5.41, 5.74) is -0.596. The second kappa shape index (κ2) is 7.90. The molecule has 0 saturated carbocycles. The third-order valence-electron chi connectivity index (χ3n) is 5.53. The molecule has 0 spiro atoms. The quantitative estimate of drug-likeness (QED) is 0.442. The first kappa shape index (κ1) is 21.8. The van der Waals surface area contributed by atoms with E-state index in [1.807, 2.05) is 53.1 Å². The van der Waals surface area contributed by atoms with Gasteiger partial charge in [0.25, 0.3) is 0 Å². The number of aromatic nitrogens is 4. The highest BCUT2D eigenvalue weighted by atomic mass is 19.4. The number of hydrogen-bond donors (Lipinski definition) is 1. The number of carbonyl (C=O) groups excluding carboxylic acids is 1. The molecule has 9 heteroatoms. The van der Waals surface area contributed by atoms with Gasteiger partial charge in [-0.05, 0) is 42.3 Å². The molecule has 0 amide bonds.